The van der Waals surface area contributed by atoms with Crippen LogP contribution >= 0.6 is 0 Å². The molecule has 2 heterocycles. The molecule has 0 amide bonds. The van der Waals surface area contributed by atoms with Crippen LogP contribution < -0.4 is 11.3 Å². The summed E-state index contributed by atoms with van der Waals surface area (Å²) in [5.74, 6) is 0.287. The Hall–Kier alpha value is -2.55. The first-order valence-electron chi connectivity index (χ1n) is 4.06. The predicted molar refractivity (Wildman–Crippen MR) is 51.7 cm³/mol. The third-order valence-corrected chi connectivity index (χ3v) is 1.80. The van der Waals surface area contributed by atoms with Gasteiger partial charge in [-0.1, -0.05) is 0 Å². The average Bonchev–Trinajstić information content (AvgIpc) is 2.69. The van der Waals surface area contributed by atoms with Crippen LogP contribution in [0.3, 0.4) is 0 Å². The van der Waals surface area contributed by atoms with E-state index in [0.717, 1.165) is 0 Å². The number of anilines is 1. The summed E-state index contributed by atoms with van der Waals surface area (Å²) < 4.78 is 5.05. The maximum Gasteiger partial charge on any atom is 0.270 e. The number of furan rings is 1. The highest BCUT2D eigenvalue weighted by molar-refractivity contribution is 5.61. The summed E-state index contributed by atoms with van der Waals surface area (Å²) in [6.07, 6.45) is 1.43. The van der Waals surface area contributed by atoms with Gasteiger partial charge in [-0.2, -0.15) is 5.26 Å². The standard InChI is InChI=1S/C9H6N4O2/c10-4-5-7(6-2-1-3-15-6)12-9(11)13-8(5)14/h1-3H,(H3,11,12,13,14). The summed E-state index contributed by atoms with van der Waals surface area (Å²) in [5, 5.41) is 8.80. The minimum Gasteiger partial charge on any atom is -0.463 e. The molecule has 2 rings (SSSR count). The highest BCUT2D eigenvalue weighted by Crippen LogP contribution is 2.19. The zero-order valence-corrected chi connectivity index (χ0v) is 7.52. The molecular weight excluding hydrogens is 196 g/mol. The van der Waals surface area contributed by atoms with Crippen molar-refractivity contribution in [2.75, 3.05) is 5.73 Å². The number of hydrogen-bond acceptors (Lipinski definition) is 5. The van der Waals surface area contributed by atoms with Gasteiger partial charge in [0.25, 0.3) is 5.56 Å². The van der Waals surface area contributed by atoms with Crippen molar-refractivity contribution in [1.29, 1.82) is 5.26 Å². The van der Waals surface area contributed by atoms with Crippen molar-refractivity contribution < 1.29 is 4.42 Å². The molecule has 2 aromatic heterocycles. The van der Waals surface area contributed by atoms with Gasteiger partial charge < -0.3 is 10.2 Å². The predicted octanol–water partition coefficient (Wildman–Crippen LogP) is 0.484. The van der Waals surface area contributed by atoms with Crippen molar-refractivity contribution in [2.24, 2.45) is 0 Å². The summed E-state index contributed by atoms with van der Waals surface area (Å²) in [6, 6.07) is 4.99. The normalized spacial score (nSPS) is 9.80. The molecule has 0 aliphatic rings. The van der Waals surface area contributed by atoms with E-state index in [4.69, 9.17) is 15.4 Å². The van der Waals surface area contributed by atoms with Gasteiger partial charge >= 0.3 is 0 Å². The van der Waals surface area contributed by atoms with Crippen LogP contribution in [0, 0.1) is 11.3 Å². The van der Waals surface area contributed by atoms with Crippen molar-refractivity contribution in [3.63, 3.8) is 0 Å². The highest BCUT2D eigenvalue weighted by Gasteiger charge is 2.13. The first kappa shape index (κ1) is 9.02. The van der Waals surface area contributed by atoms with Gasteiger partial charge in [-0.3, -0.25) is 9.78 Å². The van der Waals surface area contributed by atoms with Crippen LogP contribution in [0.25, 0.3) is 11.5 Å². The number of nitrogen functional groups attached to an aromatic ring is 1. The van der Waals surface area contributed by atoms with E-state index in [1.807, 2.05) is 0 Å². The Morgan fingerprint density at radius 1 is 1.60 bits per heavy atom. The topological polar surface area (TPSA) is 109 Å². The van der Waals surface area contributed by atoms with Gasteiger partial charge in [0.2, 0.25) is 5.95 Å². The quantitative estimate of drug-likeness (QED) is 0.699. The SMILES string of the molecule is N#Cc1c(-c2ccco2)nc(N)[nH]c1=O. The molecule has 6 nitrogen and oxygen atoms in total. The van der Waals surface area contributed by atoms with Crippen LogP contribution in [0.2, 0.25) is 0 Å². The molecule has 0 bridgehead atoms. The second kappa shape index (κ2) is 3.31. The minimum atomic E-state index is -0.573. The lowest BCUT2D eigenvalue weighted by Gasteiger charge is -1.99. The first-order chi connectivity index (χ1) is 7.22. The van der Waals surface area contributed by atoms with Crippen molar-refractivity contribution in [3.05, 3.63) is 34.3 Å². The summed E-state index contributed by atoms with van der Waals surface area (Å²) in [6.45, 7) is 0. The number of aromatic nitrogens is 2. The molecule has 0 saturated heterocycles. The Balaban J connectivity index is 2.77. The van der Waals surface area contributed by atoms with Gasteiger partial charge in [-0.25, -0.2) is 4.98 Å². The van der Waals surface area contributed by atoms with Crippen molar-refractivity contribution in [3.8, 4) is 17.5 Å². The zero-order valence-electron chi connectivity index (χ0n) is 7.52. The Bertz CT molecular complexity index is 577. The third-order valence-electron chi connectivity index (χ3n) is 1.80. The van der Waals surface area contributed by atoms with E-state index < -0.39 is 5.56 Å². The number of aromatic amines is 1. The van der Waals surface area contributed by atoms with Crippen molar-refractivity contribution >= 4 is 5.95 Å². The second-order valence-electron chi connectivity index (χ2n) is 2.76. The van der Waals surface area contributed by atoms with Crippen LogP contribution in [0.1, 0.15) is 5.56 Å². The molecule has 74 valence electrons. The van der Waals surface area contributed by atoms with E-state index in [1.54, 1.807) is 18.2 Å². The fourth-order valence-electron chi connectivity index (χ4n) is 1.19. The lowest BCUT2D eigenvalue weighted by molar-refractivity contribution is 0.579. The number of nitrogens with one attached hydrogen (secondary N) is 1. The van der Waals surface area contributed by atoms with Crippen LogP contribution in [-0.2, 0) is 0 Å². The molecule has 0 aliphatic carbocycles. The molecule has 0 fully saturated rings. The zero-order chi connectivity index (χ0) is 10.8. The van der Waals surface area contributed by atoms with E-state index in [2.05, 4.69) is 9.97 Å². The highest BCUT2D eigenvalue weighted by atomic mass is 16.3. The molecule has 0 unspecified atom stereocenters. The molecule has 3 N–H and O–H groups in total. The second-order valence-corrected chi connectivity index (χ2v) is 2.76. The van der Waals surface area contributed by atoms with Gasteiger partial charge in [0, 0.05) is 0 Å². The molecule has 2 aromatic rings. The first-order valence-corrected chi connectivity index (χ1v) is 4.06. The van der Waals surface area contributed by atoms with E-state index in [9.17, 15) is 4.79 Å². The molecule has 0 aliphatic heterocycles. The smallest absolute Gasteiger partial charge is 0.270 e. The molecule has 0 atom stereocenters. The number of hydrogen-bond donors (Lipinski definition) is 2. The number of nitrogens with two attached hydrogens (primary N) is 1. The lowest BCUT2D eigenvalue weighted by atomic mass is 10.2. The third kappa shape index (κ3) is 1.46. The molecule has 0 radical (unpaired) electrons. The van der Waals surface area contributed by atoms with Gasteiger partial charge in [-0.05, 0) is 12.1 Å². The Morgan fingerprint density at radius 2 is 2.40 bits per heavy atom. The number of rotatable bonds is 1. The van der Waals surface area contributed by atoms with Crippen LogP contribution in [-0.4, -0.2) is 9.97 Å². The molecule has 0 saturated carbocycles. The van der Waals surface area contributed by atoms with Crippen molar-refractivity contribution in [1.82, 2.24) is 9.97 Å². The van der Waals surface area contributed by atoms with Gasteiger partial charge in [0.1, 0.15) is 17.3 Å². The fraction of sp³-hybridized carbons (Fsp3) is 0. The lowest BCUT2D eigenvalue weighted by Crippen LogP contribution is -2.15. The summed E-state index contributed by atoms with van der Waals surface area (Å²) in [5.41, 5.74) is 4.84. The fourth-order valence-corrected chi connectivity index (χ4v) is 1.19. The maximum atomic E-state index is 11.3. The maximum absolute atomic E-state index is 11.3. The Labute approximate surface area is 84.0 Å². The van der Waals surface area contributed by atoms with Gasteiger partial charge in [0.15, 0.2) is 5.76 Å². The van der Waals surface area contributed by atoms with Crippen LogP contribution in [0.15, 0.2) is 27.6 Å². The monoisotopic (exact) mass is 202 g/mol. The Morgan fingerprint density at radius 3 is 3.00 bits per heavy atom. The van der Waals surface area contributed by atoms with E-state index in [1.165, 1.54) is 6.26 Å². The Kier molecular flexibility index (Phi) is 1.99. The van der Waals surface area contributed by atoms with Crippen LogP contribution in [0.4, 0.5) is 5.95 Å². The summed E-state index contributed by atoms with van der Waals surface area (Å²) >= 11 is 0. The molecule has 0 spiro atoms. The summed E-state index contributed by atoms with van der Waals surface area (Å²) in [7, 11) is 0. The number of nitrogens with zero attached hydrogens (tertiary/aromatic N) is 2. The van der Waals surface area contributed by atoms with E-state index in [0.29, 0.717) is 5.76 Å². The van der Waals surface area contributed by atoms with E-state index >= 15 is 0 Å². The molecule has 6 heteroatoms. The molecular formula is C9H6N4O2. The molecule has 15 heavy (non-hydrogen) atoms. The average molecular weight is 202 g/mol. The minimum absolute atomic E-state index is 0.0506. The van der Waals surface area contributed by atoms with E-state index in [-0.39, 0.29) is 17.2 Å². The van der Waals surface area contributed by atoms with Crippen LogP contribution in [0.5, 0.6) is 0 Å². The van der Waals surface area contributed by atoms with Crippen molar-refractivity contribution in [2.45, 2.75) is 0 Å². The molecule has 0 aromatic carbocycles. The summed E-state index contributed by atoms with van der Waals surface area (Å²) in [4.78, 5) is 17.4. The number of H-pyrrole nitrogens is 1. The number of nitriles is 1. The van der Waals surface area contributed by atoms with Gasteiger partial charge in [-0.15, -0.1) is 0 Å². The van der Waals surface area contributed by atoms with Gasteiger partial charge in [0.05, 0.1) is 6.26 Å². The largest absolute Gasteiger partial charge is 0.463 e.